The zero-order valence-electron chi connectivity index (χ0n) is 14.6. The Morgan fingerprint density at radius 3 is 2.40 bits per heavy atom. The van der Waals surface area contributed by atoms with E-state index in [4.69, 9.17) is 4.74 Å². The number of anilines is 1. The molecule has 0 radical (unpaired) electrons. The molecule has 0 aliphatic rings. The number of hydrogen-bond donors (Lipinski definition) is 2. The number of methoxy groups -OCH3 is 1. The van der Waals surface area contributed by atoms with Crippen LogP contribution in [0.15, 0.2) is 46.9 Å². The van der Waals surface area contributed by atoms with Crippen molar-refractivity contribution in [1.82, 2.24) is 5.32 Å². The third-order valence-electron chi connectivity index (χ3n) is 3.28. The van der Waals surface area contributed by atoms with Crippen LogP contribution in [0.1, 0.15) is 41.5 Å². The van der Waals surface area contributed by atoms with Gasteiger partial charge in [-0.05, 0) is 57.2 Å². The summed E-state index contributed by atoms with van der Waals surface area (Å²) in [5, 5.41) is 5.69. The molecule has 0 aromatic heterocycles. The standard InChI is InChI=1S/C19H21BrN2O3/c1-19(2,3)22-17(23)12-6-5-7-14(10-12)21-18(24)15-11-13(20)8-9-16(15)25-4/h5-11H,1-4H3,(H,21,24)(H,22,23). The molecule has 132 valence electrons. The second kappa shape index (κ2) is 7.70. The third-order valence-corrected chi connectivity index (χ3v) is 3.77. The summed E-state index contributed by atoms with van der Waals surface area (Å²) in [6.07, 6.45) is 0. The van der Waals surface area contributed by atoms with Crippen LogP contribution < -0.4 is 15.4 Å². The lowest BCUT2D eigenvalue weighted by molar-refractivity contribution is 0.0918. The maximum Gasteiger partial charge on any atom is 0.259 e. The van der Waals surface area contributed by atoms with Crippen molar-refractivity contribution in [3.8, 4) is 5.75 Å². The Morgan fingerprint density at radius 1 is 1.04 bits per heavy atom. The summed E-state index contributed by atoms with van der Waals surface area (Å²) in [5.41, 5.74) is 1.09. The lowest BCUT2D eigenvalue weighted by Crippen LogP contribution is -2.40. The normalized spacial score (nSPS) is 10.9. The molecule has 0 spiro atoms. The molecule has 6 heteroatoms. The average Bonchev–Trinajstić information content (AvgIpc) is 2.53. The Hall–Kier alpha value is -2.34. The summed E-state index contributed by atoms with van der Waals surface area (Å²) in [6.45, 7) is 5.74. The van der Waals surface area contributed by atoms with Crippen molar-refractivity contribution < 1.29 is 14.3 Å². The molecule has 0 aliphatic carbocycles. The Balaban J connectivity index is 2.21. The van der Waals surface area contributed by atoms with Crippen LogP contribution in [-0.4, -0.2) is 24.5 Å². The first-order chi connectivity index (χ1) is 11.7. The second-order valence-corrected chi connectivity index (χ2v) is 7.50. The molecule has 2 aromatic rings. The SMILES string of the molecule is COc1ccc(Br)cc1C(=O)Nc1cccc(C(=O)NC(C)(C)C)c1. The maximum atomic E-state index is 12.5. The van der Waals surface area contributed by atoms with Gasteiger partial charge >= 0.3 is 0 Å². The van der Waals surface area contributed by atoms with Crippen molar-refractivity contribution in [1.29, 1.82) is 0 Å². The van der Waals surface area contributed by atoms with Gasteiger partial charge in [-0.1, -0.05) is 22.0 Å². The molecule has 0 fully saturated rings. The number of carbonyl (C=O) groups is 2. The van der Waals surface area contributed by atoms with Gasteiger partial charge in [0.05, 0.1) is 12.7 Å². The highest BCUT2D eigenvalue weighted by Crippen LogP contribution is 2.24. The quantitative estimate of drug-likeness (QED) is 0.800. The smallest absolute Gasteiger partial charge is 0.259 e. The maximum absolute atomic E-state index is 12.5. The van der Waals surface area contributed by atoms with Gasteiger partial charge in [-0.15, -0.1) is 0 Å². The number of rotatable bonds is 4. The summed E-state index contributed by atoms with van der Waals surface area (Å²) in [5.74, 6) is -0.0301. The number of ether oxygens (including phenoxy) is 1. The molecule has 0 saturated heterocycles. The topological polar surface area (TPSA) is 67.4 Å². The van der Waals surface area contributed by atoms with Crippen molar-refractivity contribution >= 4 is 33.4 Å². The minimum atomic E-state index is -0.333. The predicted molar refractivity (Wildman–Crippen MR) is 102 cm³/mol. The van der Waals surface area contributed by atoms with Crippen LogP contribution in [0.5, 0.6) is 5.75 Å². The summed E-state index contributed by atoms with van der Waals surface area (Å²) in [7, 11) is 1.51. The molecule has 0 aliphatic heterocycles. The summed E-state index contributed by atoms with van der Waals surface area (Å²) >= 11 is 3.35. The van der Waals surface area contributed by atoms with Crippen molar-refractivity contribution in [2.75, 3.05) is 12.4 Å². The lowest BCUT2D eigenvalue weighted by atomic mass is 10.1. The second-order valence-electron chi connectivity index (χ2n) is 6.58. The lowest BCUT2D eigenvalue weighted by Gasteiger charge is -2.20. The molecule has 0 atom stereocenters. The first-order valence-electron chi connectivity index (χ1n) is 7.77. The number of amides is 2. The molecule has 25 heavy (non-hydrogen) atoms. The van der Waals surface area contributed by atoms with Crippen molar-refractivity contribution in [3.05, 3.63) is 58.1 Å². The minimum absolute atomic E-state index is 0.191. The monoisotopic (exact) mass is 404 g/mol. The molecule has 0 heterocycles. The van der Waals surface area contributed by atoms with E-state index in [9.17, 15) is 9.59 Å². The van der Waals surface area contributed by atoms with Gasteiger partial charge in [0.25, 0.3) is 11.8 Å². The summed E-state index contributed by atoms with van der Waals surface area (Å²) in [4.78, 5) is 24.8. The number of benzene rings is 2. The summed E-state index contributed by atoms with van der Waals surface area (Å²) in [6, 6.07) is 12.0. The van der Waals surface area contributed by atoms with Gasteiger partial charge in [0.1, 0.15) is 5.75 Å². The largest absolute Gasteiger partial charge is 0.496 e. The van der Waals surface area contributed by atoms with Gasteiger partial charge in [0, 0.05) is 21.3 Å². The Bertz CT molecular complexity index is 797. The first kappa shape index (κ1) is 19.0. The van der Waals surface area contributed by atoms with E-state index in [1.54, 1.807) is 42.5 Å². The number of carbonyl (C=O) groups excluding carboxylic acids is 2. The van der Waals surface area contributed by atoms with Gasteiger partial charge in [0.2, 0.25) is 0 Å². The van der Waals surface area contributed by atoms with Crippen LogP contribution in [0.3, 0.4) is 0 Å². The molecule has 2 amide bonds. The van der Waals surface area contributed by atoms with E-state index in [-0.39, 0.29) is 17.4 Å². The molecular formula is C19H21BrN2O3. The predicted octanol–water partition coefficient (Wildman–Crippen LogP) is 4.24. The average molecular weight is 405 g/mol. The van der Waals surface area contributed by atoms with Gasteiger partial charge in [-0.3, -0.25) is 9.59 Å². The first-order valence-corrected chi connectivity index (χ1v) is 8.56. The number of halogens is 1. The van der Waals surface area contributed by atoms with Crippen LogP contribution in [-0.2, 0) is 0 Å². The highest BCUT2D eigenvalue weighted by molar-refractivity contribution is 9.10. The Kier molecular flexibility index (Phi) is 5.85. The van der Waals surface area contributed by atoms with E-state index in [2.05, 4.69) is 26.6 Å². The molecule has 2 aromatic carbocycles. The number of hydrogen-bond acceptors (Lipinski definition) is 3. The Labute approximate surface area is 155 Å². The van der Waals surface area contributed by atoms with E-state index in [1.165, 1.54) is 7.11 Å². The fraction of sp³-hybridized carbons (Fsp3) is 0.263. The highest BCUT2D eigenvalue weighted by atomic mass is 79.9. The van der Waals surface area contributed by atoms with Gasteiger partial charge < -0.3 is 15.4 Å². The molecular weight excluding hydrogens is 384 g/mol. The molecule has 5 nitrogen and oxygen atoms in total. The number of nitrogens with one attached hydrogen (secondary N) is 2. The van der Waals surface area contributed by atoms with Gasteiger partial charge in [-0.25, -0.2) is 0 Å². The van der Waals surface area contributed by atoms with Crippen molar-refractivity contribution in [2.24, 2.45) is 0 Å². The molecule has 2 rings (SSSR count). The summed E-state index contributed by atoms with van der Waals surface area (Å²) < 4.78 is 6.00. The van der Waals surface area contributed by atoms with E-state index in [0.717, 1.165) is 4.47 Å². The minimum Gasteiger partial charge on any atom is -0.496 e. The fourth-order valence-corrected chi connectivity index (χ4v) is 2.57. The van der Waals surface area contributed by atoms with Gasteiger partial charge in [-0.2, -0.15) is 0 Å². The zero-order valence-corrected chi connectivity index (χ0v) is 16.2. The van der Waals surface area contributed by atoms with E-state index in [1.807, 2.05) is 20.8 Å². The third kappa shape index (κ3) is 5.32. The molecule has 0 saturated carbocycles. The molecule has 0 unspecified atom stereocenters. The van der Waals surface area contributed by atoms with E-state index < -0.39 is 0 Å². The van der Waals surface area contributed by atoms with Crippen molar-refractivity contribution in [3.63, 3.8) is 0 Å². The zero-order chi connectivity index (χ0) is 18.6. The molecule has 2 N–H and O–H groups in total. The molecule has 0 bridgehead atoms. The van der Waals surface area contributed by atoms with Crippen LogP contribution in [0.25, 0.3) is 0 Å². The van der Waals surface area contributed by atoms with Crippen LogP contribution in [0.4, 0.5) is 5.69 Å². The van der Waals surface area contributed by atoms with Crippen LogP contribution >= 0.6 is 15.9 Å². The highest BCUT2D eigenvalue weighted by Gasteiger charge is 2.17. The van der Waals surface area contributed by atoms with E-state index >= 15 is 0 Å². The van der Waals surface area contributed by atoms with Crippen molar-refractivity contribution in [2.45, 2.75) is 26.3 Å². The van der Waals surface area contributed by atoms with Crippen LogP contribution in [0.2, 0.25) is 0 Å². The van der Waals surface area contributed by atoms with Crippen LogP contribution in [0, 0.1) is 0 Å². The fourth-order valence-electron chi connectivity index (χ4n) is 2.21. The van der Waals surface area contributed by atoms with Gasteiger partial charge in [0.15, 0.2) is 0 Å². The van der Waals surface area contributed by atoms with E-state index in [0.29, 0.717) is 22.6 Å². The Morgan fingerprint density at radius 2 is 1.76 bits per heavy atom.